The Balaban J connectivity index is 2.21. The molecular formula is C18H16N2O3. The van der Waals surface area contributed by atoms with Crippen molar-refractivity contribution in [2.24, 2.45) is 0 Å². The van der Waals surface area contributed by atoms with Gasteiger partial charge in [-0.15, -0.1) is 0 Å². The van der Waals surface area contributed by atoms with Crippen molar-refractivity contribution in [2.45, 2.75) is 19.4 Å². The Kier molecular flexibility index (Phi) is 3.93. The maximum absolute atomic E-state index is 12.6. The number of aliphatic carboxylic acids is 1. The highest BCUT2D eigenvalue weighted by molar-refractivity contribution is 5.88. The van der Waals surface area contributed by atoms with Crippen LogP contribution in [-0.4, -0.2) is 20.9 Å². The van der Waals surface area contributed by atoms with Crippen molar-refractivity contribution in [3.63, 3.8) is 0 Å². The third kappa shape index (κ3) is 2.85. The molecule has 0 aliphatic heterocycles. The molecule has 0 amide bonds. The van der Waals surface area contributed by atoms with E-state index in [1.54, 1.807) is 31.2 Å². The molecule has 2 aromatic carbocycles. The van der Waals surface area contributed by atoms with E-state index >= 15 is 0 Å². The van der Waals surface area contributed by atoms with Gasteiger partial charge in [0, 0.05) is 5.39 Å². The van der Waals surface area contributed by atoms with Crippen molar-refractivity contribution in [1.29, 1.82) is 0 Å². The van der Waals surface area contributed by atoms with Crippen molar-refractivity contribution < 1.29 is 9.90 Å². The molecule has 0 spiro atoms. The summed E-state index contributed by atoms with van der Waals surface area (Å²) < 4.78 is 1.34. The molecule has 23 heavy (non-hydrogen) atoms. The van der Waals surface area contributed by atoms with Crippen LogP contribution in [0, 0.1) is 0 Å². The fraction of sp³-hybridized carbons (Fsp3) is 0.167. The third-order valence-corrected chi connectivity index (χ3v) is 3.85. The summed E-state index contributed by atoms with van der Waals surface area (Å²) in [6.45, 7) is 1.89. The van der Waals surface area contributed by atoms with E-state index in [0.717, 1.165) is 5.56 Å². The Bertz CT molecular complexity index is 916. The van der Waals surface area contributed by atoms with Gasteiger partial charge in [0.15, 0.2) is 0 Å². The standard InChI is InChI=1S/C18H16N2O3/c1-12(18(22)23)16-14-9-5-6-10-15(14)17(21)20(19-16)11-13-7-3-2-4-8-13/h2-10,12H,11H2,1H3,(H,22,23)/t12-/m0/s1. The Morgan fingerprint density at radius 3 is 2.35 bits per heavy atom. The van der Waals surface area contributed by atoms with Crippen LogP contribution in [0.2, 0.25) is 0 Å². The van der Waals surface area contributed by atoms with Gasteiger partial charge in [0.1, 0.15) is 0 Å². The molecule has 0 bridgehead atoms. The summed E-state index contributed by atoms with van der Waals surface area (Å²) in [5, 5.41) is 14.7. The highest BCUT2D eigenvalue weighted by Gasteiger charge is 2.21. The van der Waals surface area contributed by atoms with Gasteiger partial charge in [-0.25, -0.2) is 4.68 Å². The normalized spacial score (nSPS) is 12.2. The van der Waals surface area contributed by atoms with Gasteiger partial charge < -0.3 is 5.11 Å². The maximum atomic E-state index is 12.6. The molecule has 3 aromatic rings. The molecule has 0 aliphatic carbocycles. The molecule has 1 atom stereocenters. The van der Waals surface area contributed by atoms with Crippen LogP contribution < -0.4 is 5.56 Å². The van der Waals surface area contributed by atoms with Crippen LogP contribution in [0.4, 0.5) is 0 Å². The van der Waals surface area contributed by atoms with Gasteiger partial charge in [-0.2, -0.15) is 5.10 Å². The van der Waals surface area contributed by atoms with Crippen LogP contribution in [0.15, 0.2) is 59.4 Å². The molecule has 5 heteroatoms. The van der Waals surface area contributed by atoms with E-state index in [9.17, 15) is 14.7 Å². The number of carboxylic acids is 1. The lowest BCUT2D eigenvalue weighted by Crippen LogP contribution is -2.27. The Morgan fingerprint density at radius 1 is 1.09 bits per heavy atom. The predicted molar refractivity (Wildman–Crippen MR) is 87.6 cm³/mol. The highest BCUT2D eigenvalue weighted by atomic mass is 16.4. The zero-order valence-electron chi connectivity index (χ0n) is 12.6. The largest absolute Gasteiger partial charge is 0.481 e. The topological polar surface area (TPSA) is 72.2 Å². The Labute approximate surface area is 132 Å². The van der Waals surface area contributed by atoms with E-state index < -0.39 is 11.9 Å². The van der Waals surface area contributed by atoms with E-state index in [-0.39, 0.29) is 5.56 Å². The number of carboxylic acid groups (broad SMARTS) is 1. The van der Waals surface area contributed by atoms with E-state index in [2.05, 4.69) is 5.10 Å². The van der Waals surface area contributed by atoms with Crippen LogP contribution in [0.3, 0.4) is 0 Å². The van der Waals surface area contributed by atoms with Gasteiger partial charge in [0.05, 0.1) is 23.5 Å². The first-order chi connectivity index (χ1) is 11.1. The van der Waals surface area contributed by atoms with Crippen molar-refractivity contribution in [3.05, 3.63) is 76.2 Å². The number of nitrogens with zero attached hydrogens (tertiary/aromatic N) is 2. The molecule has 1 N–H and O–H groups in total. The van der Waals surface area contributed by atoms with Gasteiger partial charge in [-0.3, -0.25) is 9.59 Å². The number of aromatic nitrogens is 2. The zero-order valence-corrected chi connectivity index (χ0v) is 12.6. The minimum absolute atomic E-state index is 0.217. The molecule has 0 aliphatic rings. The number of carbonyl (C=O) groups is 1. The van der Waals surface area contributed by atoms with E-state index in [1.807, 2.05) is 30.3 Å². The molecule has 0 unspecified atom stereocenters. The molecule has 0 fully saturated rings. The fourth-order valence-corrected chi connectivity index (χ4v) is 2.56. The quantitative estimate of drug-likeness (QED) is 0.804. The molecule has 0 radical (unpaired) electrons. The van der Waals surface area contributed by atoms with Gasteiger partial charge in [-0.05, 0) is 18.6 Å². The highest BCUT2D eigenvalue weighted by Crippen LogP contribution is 2.21. The van der Waals surface area contributed by atoms with Crippen LogP contribution >= 0.6 is 0 Å². The van der Waals surface area contributed by atoms with Gasteiger partial charge >= 0.3 is 5.97 Å². The lowest BCUT2D eigenvalue weighted by Gasteiger charge is -2.13. The van der Waals surface area contributed by atoms with Crippen molar-refractivity contribution in [2.75, 3.05) is 0 Å². The lowest BCUT2D eigenvalue weighted by atomic mass is 10.0. The summed E-state index contributed by atoms with van der Waals surface area (Å²) in [5.74, 6) is -1.75. The summed E-state index contributed by atoms with van der Waals surface area (Å²) in [6, 6.07) is 16.5. The Hall–Kier alpha value is -2.95. The SMILES string of the molecule is C[C@H](C(=O)O)c1nn(Cc2ccccc2)c(=O)c2ccccc12. The summed E-state index contributed by atoms with van der Waals surface area (Å²) in [5.41, 5.74) is 1.13. The van der Waals surface area contributed by atoms with Gasteiger partial charge in [0.25, 0.3) is 5.56 Å². The lowest BCUT2D eigenvalue weighted by molar-refractivity contribution is -0.138. The first kappa shape index (κ1) is 15.0. The number of fused-ring (bicyclic) bond motifs is 1. The second-order valence-electron chi connectivity index (χ2n) is 5.44. The minimum atomic E-state index is -0.965. The minimum Gasteiger partial charge on any atom is -0.481 e. The molecule has 5 nitrogen and oxygen atoms in total. The van der Waals surface area contributed by atoms with Crippen LogP contribution in [0.5, 0.6) is 0 Å². The summed E-state index contributed by atoms with van der Waals surface area (Å²) in [4.78, 5) is 24.0. The molecular weight excluding hydrogens is 292 g/mol. The molecule has 1 heterocycles. The molecule has 0 saturated heterocycles. The third-order valence-electron chi connectivity index (χ3n) is 3.85. The first-order valence-electron chi connectivity index (χ1n) is 7.34. The molecule has 1 aromatic heterocycles. The summed E-state index contributed by atoms with van der Waals surface area (Å²) in [7, 11) is 0. The number of hydrogen-bond acceptors (Lipinski definition) is 3. The fourth-order valence-electron chi connectivity index (χ4n) is 2.56. The molecule has 0 saturated carbocycles. The second-order valence-corrected chi connectivity index (χ2v) is 5.44. The number of hydrogen-bond donors (Lipinski definition) is 1. The smallest absolute Gasteiger partial charge is 0.312 e. The van der Waals surface area contributed by atoms with E-state index in [0.29, 0.717) is 23.0 Å². The molecule has 3 rings (SSSR count). The van der Waals surface area contributed by atoms with Crippen LogP contribution in [0.1, 0.15) is 24.1 Å². The zero-order chi connectivity index (χ0) is 16.4. The Morgan fingerprint density at radius 2 is 1.70 bits per heavy atom. The first-order valence-corrected chi connectivity index (χ1v) is 7.34. The maximum Gasteiger partial charge on any atom is 0.312 e. The number of rotatable bonds is 4. The average molecular weight is 308 g/mol. The van der Waals surface area contributed by atoms with Gasteiger partial charge in [-0.1, -0.05) is 48.5 Å². The van der Waals surface area contributed by atoms with Crippen LogP contribution in [0.25, 0.3) is 10.8 Å². The summed E-state index contributed by atoms with van der Waals surface area (Å²) in [6.07, 6.45) is 0. The van der Waals surface area contributed by atoms with Crippen molar-refractivity contribution in [1.82, 2.24) is 9.78 Å². The second kappa shape index (κ2) is 6.04. The van der Waals surface area contributed by atoms with E-state index in [4.69, 9.17) is 0 Å². The van der Waals surface area contributed by atoms with E-state index in [1.165, 1.54) is 4.68 Å². The number of benzene rings is 2. The van der Waals surface area contributed by atoms with Crippen molar-refractivity contribution in [3.8, 4) is 0 Å². The average Bonchev–Trinajstić information content (AvgIpc) is 2.57. The van der Waals surface area contributed by atoms with Crippen LogP contribution in [-0.2, 0) is 11.3 Å². The molecule has 116 valence electrons. The van der Waals surface area contributed by atoms with Gasteiger partial charge in [0.2, 0.25) is 0 Å². The monoisotopic (exact) mass is 308 g/mol. The predicted octanol–water partition coefficient (Wildman–Crippen LogP) is 2.63. The summed E-state index contributed by atoms with van der Waals surface area (Å²) >= 11 is 0. The van der Waals surface area contributed by atoms with Crippen molar-refractivity contribution >= 4 is 16.7 Å².